The minimum absolute atomic E-state index is 0.175. The van der Waals surface area contributed by atoms with Gasteiger partial charge >= 0.3 is 0 Å². The highest BCUT2D eigenvalue weighted by molar-refractivity contribution is 9.10. The molecule has 6 heteroatoms. The predicted octanol–water partition coefficient (Wildman–Crippen LogP) is 4.03. The maximum absolute atomic E-state index is 13.7. The van der Waals surface area contributed by atoms with Crippen LogP contribution in [0.4, 0.5) is 8.78 Å². The Morgan fingerprint density at radius 3 is 2.57 bits per heavy atom. The third-order valence-corrected chi connectivity index (χ3v) is 3.85. The molecule has 21 heavy (non-hydrogen) atoms. The number of furan rings is 1. The van der Waals surface area contributed by atoms with Gasteiger partial charge in [-0.1, -0.05) is 18.2 Å². The molecule has 1 unspecified atom stereocenters. The van der Waals surface area contributed by atoms with Gasteiger partial charge in [0, 0.05) is 5.39 Å². The average molecular weight is 353 g/mol. The van der Waals surface area contributed by atoms with Gasteiger partial charge in [0.05, 0.1) is 4.47 Å². The van der Waals surface area contributed by atoms with Crippen LogP contribution in [0.1, 0.15) is 17.4 Å². The zero-order valence-electron chi connectivity index (χ0n) is 10.7. The van der Waals surface area contributed by atoms with Crippen LogP contribution < -0.4 is 11.3 Å². The Labute approximate surface area is 127 Å². The molecule has 0 aliphatic heterocycles. The molecule has 3 N–H and O–H groups in total. The molecule has 0 aliphatic rings. The summed E-state index contributed by atoms with van der Waals surface area (Å²) >= 11 is 3.13. The normalized spacial score (nSPS) is 12.8. The van der Waals surface area contributed by atoms with Crippen LogP contribution in [0.3, 0.4) is 0 Å². The zero-order chi connectivity index (χ0) is 15.0. The number of hydrogen-bond acceptors (Lipinski definition) is 3. The minimum Gasteiger partial charge on any atom is -0.456 e. The van der Waals surface area contributed by atoms with E-state index >= 15 is 0 Å². The number of rotatable bonds is 3. The van der Waals surface area contributed by atoms with Gasteiger partial charge in [0.1, 0.15) is 17.6 Å². The summed E-state index contributed by atoms with van der Waals surface area (Å²) in [6, 6.07) is 10.4. The number of fused-ring (bicyclic) bond motifs is 1. The van der Waals surface area contributed by atoms with Crippen LogP contribution in [0.25, 0.3) is 11.0 Å². The molecule has 108 valence electrons. The number of nitrogens with one attached hydrogen (secondary N) is 1. The third kappa shape index (κ3) is 2.57. The molecule has 3 rings (SSSR count). The summed E-state index contributed by atoms with van der Waals surface area (Å²) < 4.78 is 32.9. The highest BCUT2D eigenvalue weighted by atomic mass is 79.9. The van der Waals surface area contributed by atoms with Gasteiger partial charge in [-0.2, -0.15) is 0 Å². The predicted molar refractivity (Wildman–Crippen MR) is 79.4 cm³/mol. The molecule has 1 aromatic heterocycles. The van der Waals surface area contributed by atoms with Crippen LogP contribution in [0.5, 0.6) is 0 Å². The number of hydrazine groups is 1. The molecule has 1 atom stereocenters. The lowest BCUT2D eigenvalue weighted by Gasteiger charge is -2.14. The second-order valence-corrected chi connectivity index (χ2v) is 5.43. The molecule has 0 saturated heterocycles. The number of halogens is 3. The van der Waals surface area contributed by atoms with Gasteiger partial charge in [0.25, 0.3) is 0 Å². The van der Waals surface area contributed by atoms with E-state index in [1.165, 1.54) is 12.1 Å². The molecular weight excluding hydrogens is 342 g/mol. The molecule has 0 saturated carbocycles. The number of hydrogen-bond donors (Lipinski definition) is 2. The van der Waals surface area contributed by atoms with Gasteiger partial charge in [-0.25, -0.2) is 14.2 Å². The maximum atomic E-state index is 13.7. The Morgan fingerprint density at radius 1 is 1.10 bits per heavy atom. The largest absolute Gasteiger partial charge is 0.456 e. The summed E-state index contributed by atoms with van der Waals surface area (Å²) in [4.78, 5) is 0. The molecule has 1 heterocycles. The van der Waals surface area contributed by atoms with Crippen molar-refractivity contribution in [3.8, 4) is 0 Å². The van der Waals surface area contributed by atoms with Crippen molar-refractivity contribution in [3.63, 3.8) is 0 Å². The molecule has 0 bridgehead atoms. The summed E-state index contributed by atoms with van der Waals surface area (Å²) in [5.41, 5.74) is 3.48. The van der Waals surface area contributed by atoms with E-state index in [1.807, 2.05) is 0 Å². The van der Waals surface area contributed by atoms with Crippen molar-refractivity contribution < 1.29 is 13.2 Å². The molecule has 0 aliphatic carbocycles. The van der Waals surface area contributed by atoms with Crippen molar-refractivity contribution in [2.75, 3.05) is 0 Å². The van der Waals surface area contributed by atoms with E-state index in [1.54, 1.807) is 30.3 Å². The highest BCUT2D eigenvalue weighted by Crippen LogP contribution is 2.30. The average Bonchev–Trinajstić information content (AvgIpc) is 2.89. The Kier molecular flexibility index (Phi) is 3.75. The van der Waals surface area contributed by atoms with Gasteiger partial charge in [-0.05, 0) is 45.8 Å². The first-order chi connectivity index (χ1) is 10.1. The first-order valence-electron chi connectivity index (χ1n) is 6.19. The maximum Gasteiger partial charge on any atom is 0.169 e. The Morgan fingerprint density at radius 2 is 1.90 bits per heavy atom. The smallest absolute Gasteiger partial charge is 0.169 e. The van der Waals surface area contributed by atoms with E-state index < -0.39 is 11.9 Å². The molecular formula is C15H11BrF2N2O. The lowest BCUT2D eigenvalue weighted by atomic mass is 10.0. The van der Waals surface area contributed by atoms with Crippen LogP contribution in [0.2, 0.25) is 0 Å². The Bertz CT molecular complexity index is 803. The van der Waals surface area contributed by atoms with E-state index in [4.69, 9.17) is 10.3 Å². The van der Waals surface area contributed by atoms with Crippen LogP contribution in [0, 0.1) is 11.6 Å². The highest BCUT2D eigenvalue weighted by Gasteiger charge is 2.19. The van der Waals surface area contributed by atoms with Crippen molar-refractivity contribution >= 4 is 26.9 Å². The standard InChI is InChI=1S/C15H11BrF2N2O/c16-10-6-8(4-5-11(10)17)14(20-19)13-7-9-2-1-3-12(18)15(9)21-13/h1-7,14,20H,19H2. The van der Waals surface area contributed by atoms with Crippen LogP contribution in [-0.2, 0) is 0 Å². The van der Waals surface area contributed by atoms with Crippen molar-refractivity contribution in [1.29, 1.82) is 0 Å². The third-order valence-electron chi connectivity index (χ3n) is 3.24. The van der Waals surface area contributed by atoms with E-state index in [2.05, 4.69) is 21.4 Å². The molecule has 0 radical (unpaired) electrons. The second-order valence-electron chi connectivity index (χ2n) is 4.58. The van der Waals surface area contributed by atoms with Gasteiger partial charge in [0.15, 0.2) is 11.4 Å². The monoisotopic (exact) mass is 352 g/mol. The SMILES string of the molecule is NNC(c1ccc(F)c(Br)c1)c1cc2cccc(F)c2o1. The fourth-order valence-corrected chi connectivity index (χ4v) is 2.62. The first kappa shape index (κ1) is 14.2. The van der Waals surface area contributed by atoms with E-state index in [0.717, 1.165) is 0 Å². The fraction of sp³-hybridized carbons (Fsp3) is 0.0667. The second kappa shape index (κ2) is 5.55. The quantitative estimate of drug-likeness (QED) is 0.552. The van der Waals surface area contributed by atoms with Crippen molar-refractivity contribution in [3.05, 3.63) is 69.9 Å². The van der Waals surface area contributed by atoms with Crippen molar-refractivity contribution in [2.45, 2.75) is 6.04 Å². The van der Waals surface area contributed by atoms with Gasteiger partial charge < -0.3 is 4.42 Å². The fourth-order valence-electron chi connectivity index (χ4n) is 2.22. The van der Waals surface area contributed by atoms with Crippen molar-refractivity contribution in [2.24, 2.45) is 5.84 Å². The molecule has 3 aromatic rings. The number of benzene rings is 2. The first-order valence-corrected chi connectivity index (χ1v) is 6.98. The summed E-state index contributed by atoms with van der Waals surface area (Å²) in [5.74, 6) is 5.22. The summed E-state index contributed by atoms with van der Waals surface area (Å²) in [7, 11) is 0. The van der Waals surface area contributed by atoms with E-state index in [-0.39, 0.29) is 11.4 Å². The Hall–Kier alpha value is -1.76. The summed E-state index contributed by atoms with van der Waals surface area (Å²) in [5, 5.41) is 0.645. The van der Waals surface area contributed by atoms with Gasteiger partial charge in [-0.15, -0.1) is 0 Å². The van der Waals surface area contributed by atoms with E-state index in [0.29, 0.717) is 21.2 Å². The molecule has 3 nitrogen and oxygen atoms in total. The van der Waals surface area contributed by atoms with Gasteiger partial charge in [0.2, 0.25) is 0 Å². The zero-order valence-corrected chi connectivity index (χ0v) is 12.3. The molecule has 0 spiro atoms. The number of nitrogens with two attached hydrogens (primary N) is 1. The lowest BCUT2D eigenvalue weighted by molar-refractivity contribution is 0.464. The van der Waals surface area contributed by atoms with Gasteiger partial charge in [-0.3, -0.25) is 5.84 Å². The summed E-state index contributed by atoms with van der Waals surface area (Å²) in [6.45, 7) is 0. The minimum atomic E-state index is -0.506. The molecule has 0 amide bonds. The Balaban J connectivity index is 2.09. The number of para-hydroxylation sites is 1. The molecule has 0 fully saturated rings. The molecule has 2 aromatic carbocycles. The lowest BCUT2D eigenvalue weighted by Crippen LogP contribution is -2.28. The van der Waals surface area contributed by atoms with Crippen LogP contribution in [-0.4, -0.2) is 0 Å². The topological polar surface area (TPSA) is 51.2 Å². The van der Waals surface area contributed by atoms with Crippen LogP contribution >= 0.6 is 15.9 Å². The van der Waals surface area contributed by atoms with E-state index in [9.17, 15) is 8.78 Å². The summed E-state index contributed by atoms with van der Waals surface area (Å²) in [6.07, 6.45) is 0. The van der Waals surface area contributed by atoms with Crippen molar-refractivity contribution in [1.82, 2.24) is 5.43 Å². The van der Waals surface area contributed by atoms with Crippen LogP contribution in [0.15, 0.2) is 51.4 Å².